The van der Waals surface area contributed by atoms with Gasteiger partial charge in [0.05, 0.1) is 12.0 Å². The largest absolute Gasteiger partial charge is 0.465 e. The first kappa shape index (κ1) is 13.2. The van der Waals surface area contributed by atoms with E-state index in [1.807, 2.05) is 0 Å². The first-order valence-corrected chi connectivity index (χ1v) is 5.48. The van der Waals surface area contributed by atoms with Crippen molar-refractivity contribution in [2.45, 2.75) is 0 Å². The molecule has 17 heavy (non-hydrogen) atoms. The lowest BCUT2D eigenvalue weighted by Crippen LogP contribution is -1.99. The molecule has 0 aliphatic rings. The Morgan fingerprint density at radius 2 is 2.24 bits per heavy atom. The van der Waals surface area contributed by atoms with Crippen LogP contribution >= 0.6 is 11.3 Å². The second-order valence-electron chi connectivity index (χ2n) is 3.39. The van der Waals surface area contributed by atoms with Crippen molar-refractivity contribution in [1.29, 1.82) is 0 Å². The van der Waals surface area contributed by atoms with Crippen LogP contribution in [0.15, 0.2) is 12.3 Å². The van der Waals surface area contributed by atoms with Gasteiger partial charge in [0, 0.05) is 26.4 Å². The zero-order valence-corrected chi connectivity index (χ0v) is 10.5. The molecule has 0 N–H and O–H groups in total. The van der Waals surface area contributed by atoms with Crippen LogP contribution in [0.1, 0.15) is 14.5 Å². The van der Waals surface area contributed by atoms with E-state index in [0.29, 0.717) is 4.88 Å². The van der Waals surface area contributed by atoms with Gasteiger partial charge in [-0.2, -0.15) is 0 Å². The minimum Gasteiger partial charge on any atom is -0.465 e. The SMILES string of the molecule is COC(=O)c1cc([N+](=O)[O-])c(C=CN(C)C)s1. The highest BCUT2D eigenvalue weighted by molar-refractivity contribution is 7.15. The predicted octanol–water partition coefficient (Wildman–Crippen LogP) is 1.98. The summed E-state index contributed by atoms with van der Waals surface area (Å²) in [5.41, 5.74) is -0.0894. The first-order valence-electron chi connectivity index (χ1n) is 4.67. The van der Waals surface area contributed by atoms with Gasteiger partial charge >= 0.3 is 5.97 Å². The van der Waals surface area contributed by atoms with Crippen molar-refractivity contribution in [3.63, 3.8) is 0 Å². The van der Waals surface area contributed by atoms with E-state index < -0.39 is 10.9 Å². The van der Waals surface area contributed by atoms with E-state index in [1.54, 1.807) is 31.3 Å². The van der Waals surface area contributed by atoms with Gasteiger partial charge in [-0.15, -0.1) is 11.3 Å². The molecule has 0 amide bonds. The quantitative estimate of drug-likeness (QED) is 0.468. The number of thiophene rings is 1. The van der Waals surface area contributed by atoms with Gasteiger partial charge in [-0.3, -0.25) is 10.1 Å². The summed E-state index contributed by atoms with van der Waals surface area (Å²) >= 11 is 1.03. The molecule has 0 radical (unpaired) electrons. The van der Waals surface area contributed by atoms with Gasteiger partial charge in [0.1, 0.15) is 9.75 Å². The van der Waals surface area contributed by atoms with Crippen LogP contribution in [-0.4, -0.2) is 37.0 Å². The average molecular weight is 256 g/mol. The monoisotopic (exact) mass is 256 g/mol. The van der Waals surface area contributed by atoms with E-state index in [-0.39, 0.29) is 10.6 Å². The van der Waals surface area contributed by atoms with Crippen molar-refractivity contribution in [2.24, 2.45) is 0 Å². The van der Waals surface area contributed by atoms with Crippen LogP contribution in [-0.2, 0) is 4.74 Å². The lowest BCUT2D eigenvalue weighted by Gasteiger charge is -2.01. The summed E-state index contributed by atoms with van der Waals surface area (Å²) in [6, 6.07) is 1.23. The molecule has 0 saturated heterocycles. The molecule has 1 aromatic heterocycles. The topological polar surface area (TPSA) is 72.7 Å². The van der Waals surface area contributed by atoms with Crippen LogP contribution in [0.3, 0.4) is 0 Å². The van der Waals surface area contributed by atoms with Crippen LogP contribution in [0.25, 0.3) is 6.08 Å². The molecule has 0 unspecified atom stereocenters. The molecule has 0 aromatic carbocycles. The third-order valence-corrected chi connectivity index (χ3v) is 2.92. The summed E-state index contributed by atoms with van der Waals surface area (Å²) < 4.78 is 4.52. The number of ether oxygens (including phenoxy) is 1. The van der Waals surface area contributed by atoms with E-state index in [2.05, 4.69) is 4.74 Å². The normalized spacial score (nSPS) is 10.5. The summed E-state index contributed by atoms with van der Waals surface area (Å²) in [5, 5.41) is 10.8. The fourth-order valence-corrected chi connectivity index (χ4v) is 2.02. The maximum Gasteiger partial charge on any atom is 0.348 e. The van der Waals surface area contributed by atoms with Crippen LogP contribution in [0.4, 0.5) is 5.69 Å². The molecule has 0 bridgehead atoms. The lowest BCUT2D eigenvalue weighted by atomic mass is 10.3. The van der Waals surface area contributed by atoms with Gasteiger partial charge < -0.3 is 9.64 Å². The van der Waals surface area contributed by atoms with Gasteiger partial charge in [0.25, 0.3) is 5.69 Å². The zero-order chi connectivity index (χ0) is 13.0. The summed E-state index contributed by atoms with van der Waals surface area (Å²) in [6.07, 6.45) is 3.27. The molecule has 1 rings (SSSR count). The number of esters is 1. The molecule has 1 heterocycles. The number of nitrogens with zero attached hydrogens (tertiary/aromatic N) is 2. The Hall–Kier alpha value is -1.89. The Morgan fingerprint density at radius 1 is 1.59 bits per heavy atom. The smallest absolute Gasteiger partial charge is 0.348 e. The molecule has 0 saturated carbocycles. The molecule has 0 fully saturated rings. The number of carbonyl (C=O) groups excluding carboxylic acids is 1. The molecule has 0 aliphatic heterocycles. The van der Waals surface area contributed by atoms with Gasteiger partial charge in [0.15, 0.2) is 0 Å². The lowest BCUT2D eigenvalue weighted by molar-refractivity contribution is -0.384. The van der Waals surface area contributed by atoms with E-state index in [4.69, 9.17) is 0 Å². The Kier molecular flexibility index (Phi) is 4.22. The molecule has 7 heteroatoms. The summed E-state index contributed by atoms with van der Waals surface area (Å²) in [5.74, 6) is -0.567. The molecular weight excluding hydrogens is 244 g/mol. The second-order valence-corrected chi connectivity index (χ2v) is 4.47. The maximum absolute atomic E-state index is 11.3. The number of hydrogen-bond acceptors (Lipinski definition) is 6. The molecule has 0 aliphatic carbocycles. The van der Waals surface area contributed by atoms with E-state index in [1.165, 1.54) is 13.2 Å². The Bertz CT molecular complexity index is 465. The van der Waals surface area contributed by atoms with Crippen LogP contribution in [0.5, 0.6) is 0 Å². The number of carbonyl (C=O) groups is 1. The molecule has 92 valence electrons. The van der Waals surface area contributed by atoms with Gasteiger partial charge in [-0.1, -0.05) is 0 Å². The molecule has 1 aromatic rings. The minimum absolute atomic E-state index is 0.0894. The Labute approximate surface area is 102 Å². The van der Waals surface area contributed by atoms with Crippen LogP contribution in [0, 0.1) is 10.1 Å². The fourth-order valence-electron chi connectivity index (χ4n) is 1.08. The number of rotatable bonds is 4. The highest BCUT2D eigenvalue weighted by atomic mass is 32.1. The Morgan fingerprint density at radius 3 is 2.71 bits per heavy atom. The van der Waals surface area contributed by atoms with E-state index in [9.17, 15) is 14.9 Å². The number of methoxy groups -OCH3 is 1. The van der Waals surface area contributed by atoms with Crippen molar-refractivity contribution < 1.29 is 14.5 Å². The fraction of sp³-hybridized carbons (Fsp3) is 0.300. The highest BCUT2D eigenvalue weighted by Crippen LogP contribution is 2.30. The van der Waals surface area contributed by atoms with Crippen molar-refractivity contribution in [3.8, 4) is 0 Å². The molecular formula is C10H12N2O4S. The predicted molar refractivity (Wildman–Crippen MR) is 65.0 cm³/mol. The van der Waals surface area contributed by atoms with Crippen molar-refractivity contribution in [3.05, 3.63) is 32.1 Å². The summed E-state index contributed by atoms with van der Waals surface area (Å²) in [7, 11) is 4.84. The Balaban J connectivity index is 3.14. The number of hydrogen-bond donors (Lipinski definition) is 0. The average Bonchev–Trinajstić information content (AvgIpc) is 2.69. The van der Waals surface area contributed by atoms with Gasteiger partial charge in [0.2, 0.25) is 0 Å². The highest BCUT2D eigenvalue weighted by Gasteiger charge is 2.21. The summed E-state index contributed by atoms with van der Waals surface area (Å²) in [4.78, 5) is 24.0. The molecule has 0 atom stereocenters. The first-order chi connectivity index (χ1) is 7.95. The third kappa shape index (κ3) is 3.28. The van der Waals surface area contributed by atoms with Gasteiger partial charge in [-0.25, -0.2) is 4.79 Å². The molecule has 0 spiro atoms. The number of nitro groups is 1. The van der Waals surface area contributed by atoms with Crippen LogP contribution < -0.4 is 0 Å². The van der Waals surface area contributed by atoms with Crippen LogP contribution in [0.2, 0.25) is 0 Å². The van der Waals surface area contributed by atoms with Crippen molar-refractivity contribution >= 4 is 29.1 Å². The molecule has 6 nitrogen and oxygen atoms in total. The standard InChI is InChI=1S/C10H12N2O4S/c1-11(2)5-4-8-7(12(14)15)6-9(17-8)10(13)16-3/h4-6H,1-3H3. The van der Waals surface area contributed by atoms with Gasteiger partial charge in [-0.05, 0) is 6.08 Å². The third-order valence-electron chi connectivity index (χ3n) is 1.85. The summed E-state index contributed by atoms with van der Waals surface area (Å²) in [6.45, 7) is 0. The second kappa shape index (κ2) is 5.44. The van der Waals surface area contributed by atoms with E-state index in [0.717, 1.165) is 11.3 Å². The maximum atomic E-state index is 11.3. The minimum atomic E-state index is -0.567. The zero-order valence-electron chi connectivity index (χ0n) is 9.67. The van der Waals surface area contributed by atoms with E-state index >= 15 is 0 Å². The van der Waals surface area contributed by atoms with Crippen molar-refractivity contribution in [1.82, 2.24) is 4.90 Å². The van der Waals surface area contributed by atoms with Crippen molar-refractivity contribution in [2.75, 3.05) is 21.2 Å².